The summed E-state index contributed by atoms with van der Waals surface area (Å²) in [5.41, 5.74) is 0.965. The minimum Gasteiger partial charge on any atom is -0.465 e. The fraction of sp³-hybridized carbons (Fsp3) is 0.333. The molecule has 0 radical (unpaired) electrons. The monoisotopic (exact) mass is 419 g/mol. The zero-order valence-electron chi connectivity index (χ0n) is 16.0. The van der Waals surface area contributed by atoms with Crippen LogP contribution >= 0.6 is 0 Å². The number of halogens is 1. The second-order valence-corrected chi connectivity index (χ2v) is 8.41. The van der Waals surface area contributed by atoms with E-state index in [1.165, 1.54) is 24.3 Å². The molecule has 154 valence electrons. The lowest BCUT2D eigenvalue weighted by Crippen LogP contribution is -2.39. The van der Waals surface area contributed by atoms with Crippen molar-refractivity contribution in [2.75, 3.05) is 20.2 Å². The van der Waals surface area contributed by atoms with E-state index < -0.39 is 22.7 Å². The molecule has 1 saturated heterocycles. The molecule has 8 heteroatoms. The predicted octanol–water partition coefficient (Wildman–Crippen LogP) is 3.10. The normalized spacial score (nSPS) is 16.2. The summed E-state index contributed by atoms with van der Waals surface area (Å²) in [5.74, 6) is -1.27. The van der Waals surface area contributed by atoms with E-state index in [2.05, 4.69) is 4.74 Å². The number of esters is 1. The van der Waals surface area contributed by atoms with Gasteiger partial charge in [-0.15, -0.1) is 5.06 Å². The largest absolute Gasteiger partial charge is 0.465 e. The van der Waals surface area contributed by atoms with Crippen molar-refractivity contribution >= 4 is 22.7 Å². The average molecular weight is 419 g/mol. The maximum atomic E-state index is 13.8. The summed E-state index contributed by atoms with van der Waals surface area (Å²) >= 11 is 0. The van der Waals surface area contributed by atoms with Crippen LogP contribution in [0.15, 0.2) is 48.5 Å². The van der Waals surface area contributed by atoms with Gasteiger partial charge in [0.05, 0.1) is 24.0 Å². The van der Waals surface area contributed by atoms with E-state index in [9.17, 15) is 18.2 Å². The number of benzene rings is 2. The number of rotatable bonds is 6. The van der Waals surface area contributed by atoms with Crippen LogP contribution in [0.5, 0.6) is 0 Å². The number of ether oxygens (including phenoxy) is 1. The van der Waals surface area contributed by atoms with Gasteiger partial charge in [0.15, 0.2) is 0 Å². The number of hydroxylamine groups is 2. The van der Waals surface area contributed by atoms with Crippen molar-refractivity contribution in [3.63, 3.8) is 0 Å². The minimum absolute atomic E-state index is 0.0767. The van der Waals surface area contributed by atoms with Gasteiger partial charge in [-0.2, -0.15) is 0 Å². The zero-order chi connectivity index (χ0) is 20.8. The number of methoxy groups -OCH3 is 1. The summed E-state index contributed by atoms with van der Waals surface area (Å²) in [5, 5.41) is 1.46. The Kier molecular flexibility index (Phi) is 7.11. The van der Waals surface area contributed by atoms with E-state index in [1.54, 1.807) is 36.4 Å². The standard InChI is InChI=1S/C21H22FNO5S/c1-27-20(24)15-6-4-7-16(13-15)21(25)28-23-11-9-18(10-12-23)29(26)14-17-5-2-3-8-19(17)22/h2-8,13,18H,9-12,14H2,1H3. The number of carbonyl (C=O) groups excluding carboxylic acids is 2. The molecule has 29 heavy (non-hydrogen) atoms. The fourth-order valence-electron chi connectivity index (χ4n) is 3.13. The van der Waals surface area contributed by atoms with Gasteiger partial charge in [0, 0.05) is 34.7 Å². The first-order chi connectivity index (χ1) is 14.0. The first kappa shape index (κ1) is 21.1. The molecule has 6 nitrogen and oxygen atoms in total. The highest BCUT2D eigenvalue weighted by molar-refractivity contribution is 7.84. The Labute approximate surface area is 171 Å². The van der Waals surface area contributed by atoms with Crippen LogP contribution in [0.1, 0.15) is 39.1 Å². The number of hydrogen-bond donors (Lipinski definition) is 0. The lowest BCUT2D eigenvalue weighted by molar-refractivity contribution is -0.118. The number of piperidine rings is 1. The summed E-state index contributed by atoms with van der Waals surface area (Å²) in [4.78, 5) is 29.3. The second kappa shape index (κ2) is 9.76. The third-order valence-electron chi connectivity index (χ3n) is 4.76. The molecule has 0 aromatic heterocycles. The molecule has 0 amide bonds. The van der Waals surface area contributed by atoms with Crippen LogP contribution in [0.25, 0.3) is 0 Å². The Hall–Kier alpha value is -2.58. The summed E-state index contributed by atoms with van der Waals surface area (Å²) in [6.07, 6.45) is 1.16. The summed E-state index contributed by atoms with van der Waals surface area (Å²) < 4.78 is 31.0. The molecule has 1 atom stereocenters. The molecular weight excluding hydrogens is 397 g/mol. The number of nitrogens with zero attached hydrogens (tertiary/aromatic N) is 1. The molecule has 1 fully saturated rings. The molecule has 1 unspecified atom stereocenters. The Morgan fingerprint density at radius 2 is 1.72 bits per heavy atom. The molecule has 3 rings (SSSR count). The third-order valence-corrected chi connectivity index (χ3v) is 6.57. The van der Waals surface area contributed by atoms with Crippen molar-refractivity contribution in [3.8, 4) is 0 Å². The first-order valence-corrected chi connectivity index (χ1v) is 10.6. The van der Waals surface area contributed by atoms with Crippen LogP contribution in [0.3, 0.4) is 0 Å². The van der Waals surface area contributed by atoms with Gasteiger partial charge in [0.25, 0.3) is 0 Å². The molecule has 1 heterocycles. The molecule has 0 N–H and O–H groups in total. The van der Waals surface area contributed by atoms with Crippen molar-refractivity contribution in [2.24, 2.45) is 0 Å². The van der Waals surface area contributed by atoms with E-state index in [4.69, 9.17) is 4.84 Å². The quantitative estimate of drug-likeness (QED) is 0.670. The van der Waals surface area contributed by atoms with Gasteiger partial charge in [0.1, 0.15) is 5.82 Å². The second-order valence-electron chi connectivity index (χ2n) is 6.70. The molecule has 0 spiro atoms. The molecule has 0 bridgehead atoms. The molecule has 1 aliphatic heterocycles. The number of hydrogen-bond acceptors (Lipinski definition) is 6. The SMILES string of the molecule is COC(=O)c1cccc(C(=O)ON2CCC(S(=O)Cc3ccccc3F)CC2)c1. The summed E-state index contributed by atoms with van der Waals surface area (Å²) in [7, 11) is 0.0721. The van der Waals surface area contributed by atoms with Crippen LogP contribution in [0, 0.1) is 5.82 Å². The van der Waals surface area contributed by atoms with E-state index in [-0.39, 0.29) is 27.9 Å². The molecule has 2 aromatic rings. The third kappa shape index (κ3) is 5.48. The van der Waals surface area contributed by atoms with Crippen molar-refractivity contribution in [1.82, 2.24) is 5.06 Å². The highest BCUT2D eigenvalue weighted by Crippen LogP contribution is 2.20. The Morgan fingerprint density at radius 1 is 1.07 bits per heavy atom. The van der Waals surface area contributed by atoms with Crippen molar-refractivity contribution in [2.45, 2.75) is 23.8 Å². The maximum Gasteiger partial charge on any atom is 0.357 e. The van der Waals surface area contributed by atoms with E-state index in [0.29, 0.717) is 31.5 Å². The van der Waals surface area contributed by atoms with Gasteiger partial charge < -0.3 is 9.57 Å². The van der Waals surface area contributed by atoms with Gasteiger partial charge in [-0.05, 0) is 37.1 Å². The van der Waals surface area contributed by atoms with Crippen molar-refractivity contribution < 1.29 is 27.8 Å². The van der Waals surface area contributed by atoms with Crippen LogP contribution in [-0.4, -0.2) is 46.7 Å². The topological polar surface area (TPSA) is 72.9 Å². The molecule has 0 aliphatic carbocycles. The van der Waals surface area contributed by atoms with Crippen molar-refractivity contribution in [1.29, 1.82) is 0 Å². The lowest BCUT2D eigenvalue weighted by atomic mass is 10.1. The first-order valence-electron chi connectivity index (χ1n) is 9.24. The van der Waals surface area contributed by atoms with E-state index in [0.717, 1.165) is 0 Å². The number of carbonyl (C=O) groups is 2. The van der Waals surface area contributed by atoms with Crippen LogP contribution in [0.2, 0.25) is 0 Å². The van der Waals surface area contributed by atoms with Crippen LogP contribution < -0.4 is 0 Å². The smallest absolute Gasteiger partial charge is 0.357 e. The van der Waals surface area contributed by atoms with Gasteiger partial charge in [-0.25, -0.2) is 14.0 Å². The van der Waals surface area contributed by atoms with Gasteiger partial charge in [-0.3, -0.25) is 4.21 Å². The maximum absolute atomic E-state index is 13.8. The Morgan fingerprint density at radius 3 is 2.38 bits per heavy atom. The molecule has 2 aromatic carbocycles. The summed E-state index contributed by atoms with van der Waals surface area (Å²) in [6.45, 7) is 0.881. The Balaban J connectivity index is 1.52. The van der Waals surface area contributed by atoms with Gasteiger partial charge in [-0.1, -0.05) is 24.3 Å². The van der Waals surface area contributed by atoms with Crippen LogP contribution in [-0.2, 0) is 26.1 Å². The van der Waals surface area contributed by atoms with E-state index in [1.807, 2.05) is 0 Å². The average Bonchev–Trinajstić information content (AvgIpc) is 2.75. The van der Waals surface area contributed by atoms with Crippen molar-refractivity contribution in [3.05, 3.63) is 71.0 Å². The zero-order valence-corrected chi connectivity index (χ0v) is 16.8. The molecular formula is C21H22FNO5S. The van der Waals surface area contributed by atoms with Gasteiger partial charge in [0.2, 0.25) is 0 Å². The fourth-order valence-corrected chi connectivity index (χ4v) is 4.65. The van der Waals surface area contributed by atoms with E-state index >= 15 is 0 Å². The van der Waals surface area contributed by atoms with Crippen LogP contribution in [0.4, 0.5) is 4.39 Å². The van der Waals surface area contributed by atoms with Gasteiger partial charge >= 0.3 is 11.9 Å². The minimum atomic E-state index is -1.20. The lowest BCUT2D eigenvalue weighted by Gasteiger charge is -2.30. The molecule has 0 saturated carbocycles. The predicted molar refractivity (Wildman–Crippen MR) is 106 cm³/mol. The highest BCUT2D eigenvalue weighted by Gasteiger charge is 2.27. The summed E-state index contributed by atoms with van der Waals surface area (Å²) in [6, 6.07) is 12.5. The highest BCUT2D eigenvalue weighted by atomic mass is 32.2. The molecule has 1 aliphatic rings. The Bertz CT molecular complexity index is 911.